The van der Waals surface area contributed by atoms with Crippen molar-refractivity contribution < 1.29 is 47.7 Å². The number of hydrogen-bond acceptors (Lipinski definition) is 5. The first-order valence-corrected chi connectivity index (χ1v) is 8.01. The third-order valence-corrected chi connectivity index (χ3v) is 5.40. The Labute approximate surface area is 105 Å². The summed E-state index contributed by atoms with van der Waals surface area (Å²) < 4.78 is 123. The van der Waals surface area contributed by atoms with Crippen LogP contribution in [-0.4, -0.2) is 42.5 Å². The van der Waals surface area contributed by atoms with E-state index in [9.17, 15) is 47.7 Å². The van der Waals surface area contributed by atoms with E-state index in [1.54, 1.807) is 0 Å². The van der Waals surface area contributed by atoms with Crippen LogP contribution in [0.5, 0.6) is 0 Å². The molecule has 0 aliphatic heterocycles. The van der Waals surface area contributed by atoms with Crippen molar-refractivity contribution in [2.45, 2.75) is 11.0 Å². The van der Waals surface area contributed by atoms with Gasteiger partial charge in [-0.1, -0.05) is 4.83 Å². The number of alkyl halides is 6. The monoisotopic (exact) mass is 358 g/mol. The molecule has 0 heterocycles. The van der Waals surface area contributed by atoms with Gasteiger partial charge < -0.3 is 4.55 Å². The minimum absolute atomic E-state index is 0.0520. The van der Waals surface area contributed by atoms with Crippen LogP contribution in [0, 0.1) is 0 Å². The van der Waals surface area contributed by atoms with Gasteiger partial charge in [-0.3, -0.25) is 0 Å². The van der Waals surface area contributed by atoms with Gasteiger partial charge in [-0.2, -0.15) is 34.8 Å². The van der Waals surface area contributed by atoms with Crippen molar-refractivity contribution in [1.82, 2.24) is 8.65 Å². The summed E-state index contributed by atoms with van der Waals surface area (Å²) in [5.74, 6) is 0. The fourth-order valence-electron chi connectivity index (χ4n) is 0.484. The molecule has 7 nitrogen and oxygen atoms in total. The Bertz CT molecular complexity index is 519. The highest BCUT2D eigenvalue weighted by Gasteiger charge is 2.58. The second-order valence-electron chi connectivity index (χ2n) is 2.64. The van der Waals surface area contributed by atoms with Crippen LogP contribution in [0.2, 0.25) is 0 Å². The highest BCUT2D eigenvalue weighted by molar-refractivity contribution is 8.05. The minimum Gasteiger partial charge on any atom is -0.596 e. The number of sulfonamides is 2. The maximum absolute atomic E-state index is 12.0. The number of rotatable bonds is 4. The van der Waals surface area contributed by atoms with Gasteiger partial charge in [0.2, 0.25) is 0 Å². The lowest BCUT2D eigenvalue weighted by Crippen LogP contribution is -2.55. The zero-order chi connectivity index (χ0) is 15.9. The van der Waals surface area contributed by atoms with Gasteiger partial charge in [0.15, 0.2) is 0 Å². The number of nitrogens with one attached hydrogen (secondary N) is 1. The van der Waals surface area contributed by atoms with Gasteiger partial charge in [0, 0.05) is 0 Å². The number of halogens is 6. The Morgan fingerprint density at radius 2 is 1.37 bits per heavy atom. The van der Waals surface area contributed by atoms with Crippen molar-refractivity contribution in [2.24, 2.45) is 0 Å². The lowest BCUT2D eigenvalue weighted by molar-refractivity contribution is -0.0505. The normalized spacial score (nSPS) is 16.7. The van der Waals surface area contributed by atoms with E-state index in [1.165, 1.54) is 0 Å². The minimum atomic E-state index is -6.59. The van der Waals surface area contributed by atoms with Crippen molar-refractivity contribution in [1.29, 1.82) is 0 Å². The van der Waals surface area contributed by atoms with E-state index >= 15 is 0 Å². The van der Waals surface area contributed by atoms with Crippen LogP contribution in [0.3, 0.4) is 0 Å². The molecule has 1 N–H and O–H groups in total. The molecule has 1 unspecified atom stereocenters. The standard InChI is InChI=1S/C3H4F6N2O5S3/c1-17(12)11(19(15,16)3(7,8)9)10-18(13,14)2(4,5)6/h10H,1H3. The summed E-state index contributed by atoms with van der Waals surface area (Å²) in [6, 6.07) is 0. The van der Waals surface area contributed by atoms with Gasteiger partial charge in [-0.25, -0.2) is 8.42 Å². The van der Waals surface area contributed by atoms with Crippen LogP contribution in [0.4, 0.5) is 26.3 Å². The molecule has 16 heteroatoms. The molecule has 0 rings (SSSR count). The lowest BCUT2D eigenvalue weighted by atomic mass is 11.6. The van der Waals surface area contributed by atoms with Crippen LogP contribution in [-0.2, 0) is 31.4 Å². The van der Waals surface area contributed by atoms with Gasteiger partial charge in [0.25, 0.3) is 0 Å². The third-order valence-electron chi connectivity index (χ3n) is 1.24. The predicted molar refractivity (Wildman–Crippen MR) is 49.0 cm³/mol. The molecule has 116 valence electrons. The van der Waals surface area contributed by atoms with Crippen LogP contribution in [0.1, 0.15) is 0 Å². The number of hydrogen-bond donors (Lipinski definition) is 1. The average Bonchev–Trinajstić information content (AvgIpc) is 2.09. The van der Waals surface area contributed by atoms with E-state index in [-0.39, 0.29) is 11.1 Å². The van der Waals surface area contributed by atoms with Gasteiger partial charge >= 0.3 is 31.1 Å². The Balaban J connectivity index is 5.68. The molecule has 0 saturated heterocycles. The maximum Gasteiger partial charge on any atom is 0.517 e. The Kier molecular flexibility index (Phi) is 5.16. The fourth-order valence-corrected chi connectivity index (χ4v) is 3.73. The van der Waals surface area contributed by atoms with Crippen LogP contribution in [0.25, 0.3) is 0 Å². The fraction of sp³-hybridized carbons (Fsp3) is 1.00. The second-order valence-corrected chi connectivity index (χ2v) is 7.52. The molecule has 0 aliphatic rings. The van der Waals surface area contributed by atoms with E-state index in [4.69, 9.17) is 0 Å². The Morgan fingerprint density at radius 1 is 1.00 bits per heavy atom. The molecule has 0 spiro atoms. The first-order chi connectivity index (χ1) is 8.04. The van der Waals surface area contributed by atoms with Crippen LogP contribution < -0.4 is 4.83 Å². The molecule has 0 amide bonds. The molecule has 0 bridgehead atoms. The zero-order valence-electron chi connectivity index (χ0n) is 8.48. The molecule has 0 aliphatic carbocycles. The summed E-state index contributed by atoms with van der Waals surface area (Å²) in [5, 5.41) is 0. The lowest BCUT2D eigenvalue weighted by Gasteiger charge is -2.22. The predicted octanol–water partition coefficient (Wildman–Crippen LogP) is -0.214. The first kappa shape index (κ1) is 18.7. The molecule has 0 fully saturated rings. The van der Waals surface area contributed by atoms with Crippen LogP contribution >= 0.6 is 0 Å². The van der Waals surface area contributed by atoms with E-state index in [0.717, 1.165) is 0 Å². The molecule has 0 saturated carbocycles. The topological polar surface area (TPSA) is 107 Å². The summed E-state index contributed by atoms with van der Waals surface area (Å²) in [5.41, 5.74) is -12.2. The van der Waals surface area contributed by atoms with E-state index in [1.807, 2.05) is 0 Å². The van der Waals surface area contributed by atoms with Crippen molar-refractivity contribution in [2.75, 3.05) is 6.26 Å². The molecular weight excluding hydrogens is 354 g/mol. The molecule has 0 aromatic carbocycles. The molecule has 0 aromatic rings. The van der Waals surface area contributed by atoms with Crippen molar-refractivity contribution in [3.8, 4) is 0 Å². The summed E-state index contributed by atoms with van der Waals surface area (Å²) in [6.45, 7) is 0. The quantitative estimate of drug-likeness (QED) is 0.425. The van der Waals surface area contributed by atoms with Crippen molar-refractivity contribution in [3.05, 3.63) is 0 Å². The highest BCUT2D eigenvalue weighted by Crippen LogP contribution is 2.29. The van der Waals surface area contributed by atoms with Crippen LogP contribution in [0.15, 0.2) is 0 Å². The highest BCUT2D eigenvalue weighted by atomic mass is 32.3. The van der Waals surface area contributed by atoms with Gasteiger partial charge in [0.1, 0.15) is 6.26 Å². The average molecular weight is 358 g/mol. The van der Waals surface area contributed by atoms with E-state index in [0.29, 0.717) is 0 Å². The van der Waals surface area contributed by atoms with E-state index < -0.39 is 46.2 Å². The van der Waals surface area contributed by atoms with Gasteiger partial charge in [0.05, 0.1) is 15.2 Å². The summed E-state index contributed by atoms with van der Waals surface area (Å²) in [7, 11) is -13.1. The number of hydrazine groups is 1. The Morgan fingerprint density at radius 3 is 1.58 bits per heavy atom. The SMILES string of the molecule is C[S+]([O-])N(NS(=O)(=O)C(F)(F)F)S(=O)(=O)C(F)(F)F. The van der Waals surface area contributed by atoms with Gasteiger partial charge in [-0.05, 0) is 0 Å². The van der Waals surface area contributed by atoms with E-state index in [2.05, 4.69) is 0 Å². The molecule has 19 heavy (non-hydrogen) atoms. The van der Waals surface area contributed by atoms with Gasteiger partial charge in [-0.15, -0.1) is 0 Å². The molecule has 1 atom stereocenters. The first-order valence-electron chi connectivity index (χ1n) is 3.58. The van der Waals surface area contributed by atoms with Crippen molar-refractivity contribution in [3.63, 3.8) is 0 Å². The molecular formula is C3H4F6N2O5S3. The largest absolute Gasteiger partial charge is 0.596 e. The summed E-state index contributed by atoms with van der Waals surface area (Å²) in [4.78, 5) is 0.0520. The molecule has 0 radical (unpaired) electrons. The number of nitrogens with zero attached hydrogens (tertiary/aromatic N) is 1. The molecule has 0 aromatic heterocycles. The smallest absolute Gasteiger partial charge is 0.517 e. The maximum atomic E-state index is 12.0. The summed E-state index contributed by atoms with van der Waals surface area (Å²) in [6.07, 6.45) is 0.224. The van der Waals surface area contributed by atoms with Crippen molar-refractivity contribution >= 4 is 31.4 Å². The third kappa shape index (κ3) is 4.09. The second kappa shape index (κ2) is 5.24. The Hall–Kier alpha value is -0.290. The zero-order valence-corrected chi connectivity index (χ0v) is 10.9. The summed E-state index contributed by atoms with van der Waals surface area (Å²) >= 11 is -3.27.